The van der Waals surface area contributed by atoms with E-state index in [-0.39, 0.29) is 17.9 Å². The van der Waals surface area contributed by atoms with Crippen LogP contribution in [-0.2, 0) is 14.3 Å². The van der Waals surface area contributed by atoms with E-state index in [2.05, 4.69) is 10.6 Å². The molecule has 1 saturated heterocycles. The van der Waals surface area contributed by atoms with Crippen LogP contribution in [0.25, 0.3) is 0 Å². The second kappa shape index (κ2) is 9.22. The van der Waals surface area contributed by atoms with Gasteiger partial charge >= 0.3 is 6.09 Å². The van der Waals surface area contributed by atoms with Crippen molar-refractivity contribution in [3.63, 3.8) is 0 Å². The lowest BCUT2D eigenvalue weighted by Gasteiger charge is -2.25. The number of nitrogens with one attached hydrogen (secondary N) is 2. The van der Waals surface area contributed by atoms with Crippen molar-refractivity contribution in [2.75, 3.05) is 6.61 Å². The highest BCUT2D eigenvalue weighted by Crippen LogP contribution is 2.20. The average Bonchev–Trinajstić information content (AvgIpc) is 2.92. The van der Waals surface area contributed by atoms with Crippen LogP contribution in [0.3, 0.4) is 0 Å². The normalized spacial score (nSPS) is 26.2. The summed E-state index contributed by atoms with van der Waals surface area (Å²) < 4.78 is 10.5. The second-order valence-electron chi connectivity index (χ2n) is 7.16. The summed E-state index contributed by atoms with van der Waals surface area (Å²) in [5, 5.41) is 15.1. The minimum absolute atomic E-state index is 0.0495. The van der Waals surface area contributed by atoms with E-state index in [1.54, 1.807) is 0 Å². The van der Waals surface area contributed by atoms with Crippen LogP contribution in [-0.4, -0.2) is 48.2 Å². The van der Waals surface area contributed by atoms with Gasteiger partial charge in [0.15, 0.2) is 6.29 Å². The van der Waals surface area contributed by atoms with Gasteiger partial charge in [0.2, 0.25) is 5.91 Å². The van der Waals surface area contributed by atoms with E-state index < -0.39 is 24.5 Å². The summed E-state index contributed by atoms with van der Waals surface area (Å²) >= 11 is 0. The maximum Gasteiger partial charge on any atom is 0.408 e. The standard InChI is InChI=1S/C17H30N2O5/c1-11(2)10-14(15(20)18-13-8-9-23-16(13)21)19-17(22)24-12-6-4-3-5-7-12/h11-14,16,21H,3-10H2,1-2H3,(H,18,20)(H,19,22). The number of rotatable bonds is 6. The van der Waals surface area contributed by atoms with Crippen LogP contribution in [0.15, 0.2) is 0 Å². The van der Waals surface area contributed by atoms with Crippen LogP contribution >= 0.6 is 0 Å². The quantitative estimate of drug-likeness (QED) is 0.682. The predicted molar refractivity (Wildman–Crippen MR) is 88.2 cm³/mol. The van der Waals surface area contributed by atoms with E-state index >= 15 is 0 Å². The van der Waals surface area contributed by atoms with Gasteiger partial charge in [-0.2, -0.15) is 0 Å². The smallest absolute Gasteiger partial charge is 0.408 e. The van der Waals surface area contributed by atoms with Gasteiger partial charge in [-0.3, -0.25) is 4.79 Å². The minimum Gasteiger partial charge on any atom is -0.446 e. The fourth-order valence-electron chi connectivity index (χ4n) is 3.21. The molecule has 3 N–H and O–H groups in total. The van der Waals surface area contributed by atoms with Gasteiger partial charge < -0.3 is 25.2 Å². The number of carbonyl (C=O) groups is 2. The SMILES string of the molecule is CC(C)CC(NC(=O)OC1CCCCC1)C(=O)NC1CCOC1O. The number of hydrogen-bond donors (Lipinski definition) is 3. The zero-order chi connectivity index (χ0) is 17.5. The number of ether oxygens (including phenoxy) is 2. The highest BCUT2D eigenvalue weighted by atomic mass is 16.6. The Morgan fingerprint density at radius 2 is 1.92 bits per heavy atom. The molecule has 0 aromatic heterocycles. The van der Waals surface area contributed by atoms with Crippen molar-refractivity contribution >= 4 is 12.0 Å². The third kappa shape index (κ3) is 5.94. The molecule has 2 fully saturated rings. The van der Waals surface area contributed by atoms with Gasteiger partial charge in [0.05, 0.1) is 12.6 Å². The Morgan fingerprint density at radius 1 is 1.21 bits per heavy atom. The fourth-order valence-corrected chi connectivity index (χ4v) is 3.21. The zero-order valence-corrected chi connectivity index (χ0v) is 14.6. The van der Waals surface area contributed by atoms with Gasteiger partial charge in [0.1, 0.15) is 12.1 Å². The lowest BCUT2D eigenvalue weighted by Crippen LogP contribution is -2.52. The number of amides is 2. The molecule has 0 radical (unpaired) electrons. The van der Waals surface area contributed by atoms with Gasteiger partial charge in [-0.25, -0.2) is 4.79 Å². The van der Waals surface area contributed by atoms with Crippen molar-refractivity contribution in [1.82, 2.24) is 10.6 Å². The first-order valence-corrected chi connectivity index (χ1v) is 9.03. The molecule has 3 unspecified atom stereocenters. The van der Waals surface area contributed by atoms with Gasteiger partial charge in [-0.05, 0) is 44.4 Å². The summed E-state index contributed by atoms with van der Waals surface area (Å²) in [5.74, 6) is -0.0701. The van der Waals surface area contributed by atoms with E-state index in [0.29, 0.717) is 19.4 Å². The third-order valence-corrected chi connectivity index (χ3v) is 4.53. The van der Waals surface area contributed by atoms with E-state index in [1.165, 1.54) is 6.42 Å². The topological polar surface area (TPSA) is 96.9 Å². The molecule has 138 valence electrons. The number of aliphatic hydroxyl groups is 1. The largest absolute Gasteiger partial charge is 0.446 e. The van der Waals surface area contributed by atoms with Gasteiger partial charge in [-0.1, -0.05) is 20.3 Å². The minimum atomic E-state index is -0.983. The molecule has 1 aliphatic carbocycles. The molecule has 0 spiro atoms. The van der Waals surface area contributed by atoms with Gasteiger partial charge in [-0.15, -0.1) is 0 Å². The van der Waals surface area contributed by atoms with Crippen LogP contribution in [0.5, 0.6) is 0 Å². The number of aliphatic hydroxyl groups excluding tert-OH is 1. The highest BCUT2D eigenvalue weighted by molar-refractivity contribution is 5.85. The lowest BCUT2D eigenvalue weighted by atomic mass is 9.98. The Balaban J connectivity index is 1.86. The molecule has 7 heteroatoms. The van der Waals surface area contributed by atoms with E-state index in [4.69, 9.17) is 9.47 Å². The van der Waals surface area contributed by atoms with Gasteiger partial charge in [0, 0.05) is 0 Å². The molecule has 0 aromatic rings. The van der Waals surface area contributed by atoms with Crippen molar-refractivity contribution in [2.45, 2.75) is 83.3 Å². The third-order valence-electron chi connectivity index (χ3n) is 4.53. The van der Waals surface area contributed by atoms with Crippen molar-refractivity contribution in [3.05, 3.63) is 0 Å². The van der Waals surface area contributed by atoms with Crippen LogP contribution in [0.1, 0.15) is 58.8 Å². The molecule has 24 heavy (non-hydrogen) atoms. The summed E-state index contributed by atoms with van der Waals surface area (Å²) in [6, 6.07) is -1.10. The Bertz CT molecular complexity index is 423. The average molecular weight is 342 g/mol. The molecule has 2 rings (SSSR count). The maximum atomic E-state index is 12.5. The molecular formula is C17H30N2O5. The van der Waals surface area contributed by atoms with Crippen molar-refractivity contribution in [2.24, 2.45) is 5.92 Å². The first-order chi connectivity index (χ1) is 11.5. The molecule has 1 saturated carbocycles. The summed E-state index contributed by atoms with van der Waals surface area (Å²) in [5.41, 5.74) is 0. The highest BCUT2D eigenvalue weighted by Gasteiger charge is 2.31. The monoisotopic (exact) mass is 342 g/mol. The Hall–Kier alpha value is -1.34. The molecule has 0 aromatic carbocycles. The molecule has 1 heterocycles. The van der Waals surface area contributed by atoms with Crippen molar-refractivity contribution in [1.29, 1.82) is 0 Å². The first kappa shape index (κ1) is 19.0. The molecular weight excluding hydrogens is 312 g/mol. The Labute approximate surface area is 143 Å². The summed E-state index contributed by atoms with van der Waals surface area (Å²) in [6.45, 7) is 4.39. The number of alkyl carbamates (subject to hydrolysis) is 1. The summed E-state index contributed by atoms with van der Waals surface area (Å²) in [4.78, 5) is 24.6. The molecule has 3 atom stereocenters. The Kier molecular flexibility index (Phi) is 7.30. The lowest BCUT2D eigenvalue weighted by molar-refractivity contribution is -0.127. The molecule has 7 nitrogen and oxygen atoms in total. The zero-order valence-electron chi connectivity index (χ0n) is 14.6. The summed E-state index contributed by atoms with van der Waals surface area (Å²) in [7, 11) is 0. The van der Waals surface area contributed by atoms with E-state index in [0.717, 1.165) is 25.7 Å². The number of carbonyl (C=O) groups excluding carboxylic acids is 2. The summed E-state index contributed by atoms with van der Waals surface area (Å²) in [6.07, 6.45) is 4.62. The molecule has 2 amide bonds. The second-order valence-corrected chi connectivity index (χ2v) is 7.16. The van der Waals surface area contributed by atoms with Crippen LogP contribution in [0.4, 0.5) is 4.79 Å². The maximum absolute atomic E-state index is 12.5. The first-order valence-electron chi connectivity index (χ1n) is 9.03. The van der Waals surface area contributed by atoms with Gasteiger partial charge in [0.25, 0.3) is 0 Å². The van der Waals surface area contributed by atoms with E-state index in [1.807, 2.05) is 13.8 Å². The number of hydrogen-bond acceptors (Lipinski definition) is 5. The van der Waals surface area contributed by atoms with Crippen LogP contribution in [0, 0.1) is 5.92 Å². The van der Waals surface area contributed by atoms with Crippen LogP contribution < -0.4 is 10.6 Å². The Morgan fingerprint density at radius 3 is 2.50 bits per heavy atom. The van der Waals surface area contributed by atoms with Crippen molar-refractivity contribution < 1.29 is 24.2 Å². The van der Waals surface area contributed by atoms with Crippen molar-refractivity contribution in [3.8, 4) is 0 Å². The fraction of sp³-hybridized carbons (Fsp3) is 0.882. The molecule has 2 aliphatic rings. The van der Waals surface area contributed by atoms with E-state index in [9.17, 15) is 14.7 Å². The molecule has 0 bridgehead atoms. The van der Waals surface area contributed by atoms with Crippen LogP contribution in [0.2, 0.25) is 0 Å². The predicted octanol–water partition coefficient (Wildman–Crippen LogP) is 1.68. The molecule has 1 aliphatic heterocycles.